The molecule has 5 heteroatoms. The molecule has 1 aromatic heterocycles. The topological polar surface area (TPSA) is 69.8 Å². The Hall–Kier alpha value is -2.14. The maximum absolute atomic E-state index is 11.4. The van der Waals surface area contributed by atoms with Gasteiger partial charge in [-0.2, -0.15) is 5.10 Å². The second kappa shape index (κ2) is 7.59. The summed E-state index contributed by atoms with van der Waals surface area (Å²) in [5, 5.41) is 13.4. The van der Waals surface area contributed by atoms with Crippen molar-refractivity contribution in [1.29, 1.82) is 0 Å². The molecule has 1 amide bonds. The third-order valence-corrected chi connectivity index (χ3v) is 3.22. The molecular weight excluding hydrogens is 264 g/mol. The predicted molar refractivity (Wildman–Crippen MR) is 83.6 cm³/mol. The number of benzene rings is 1. The lowest BCUT2D eigenvalue weighted by molar-refractivity contribution is -0.123. The van der Waals surface area contributed by atoms with E-state index in [1.807, 2.05) is 38.2 Å². The smallest absolute Gasteiger partial charge is 0.222 e. The summed E-state index contributed by atoms with van der Waals surface area (Å²) in [5.41, 5.74) is 3.28. The highest BCUT2D eigenvalue weighted by Crippen LogP contribution is 2.20. The van der Waals surface area contributed by atoms with Gasteiger partial charge in [0.05, 0.1) is 11.9 Å². The van der Waals surface area contributed by atoms with E-state index in [-0.39, 0.29) is 11.8 Å². The van der Waals surface area contributed by atoms with Crippen molar-refractivity contribution >= 4 is 5.91 Å². The number of aromatic nitrogens is 2. The van der Waals surface area contributed by atoms with E-state index in [0.717, 1.165) is 29.9 Å². The van der Waals surface area contributed by atoms with Crippen molar-refractivity contribution in [2.75, 3.05) is 13.1 Å². The lowest BCUT2D eigenvalue weighted by Crippen LogP contribution is -2.34. The minimum atomic E-state index is 0.0311. The molecular formula is C16H22N4O. The van der Waals surface area contributed by atoms with Gasteiger partial charge in [-0.1, -0.05) is 44.2 Å². The first kappa shape index (κ1) is 15.3. The first-order valence-corrected chi connectivity index (χ1v) is 7.24. The average molecular weight is 286 g/mol. The van der Waals surface area contributed by atoms with Gasteiger partial charge in [0.15, 0.2) is 0 Å². The van der Waals surface area contributed by atoms with E-state index in [4.69, 9.17) is 0 Å². The van der Waals surface area contributed by atoms with Gasteiger partial charge in [0.2, 0.25) is 5.91 Å². The van der Waals surface area contributed by atoms with Crippen LogP contribution < -0.4 is 10.6 Å². The van der Waals surface area contributed by atoms with Crippen LogP contribution in [0.1, 0.15) is 19.4 Å². The highest BCUT2D eigenvalue weighted by atomic mass is 16.1. The summed E-state index contributed by atoms with van der Waals surface area (Å²) in [7, 11) is 0. The van der Waals surface area contributed by atoms with E-state index in [1.54, 1.807) is 0 Å². The third-order valence-electron chi connectivity index (χ3n) is 3.22. The van der Waals surface area contributed by atoms with Crippen LogP contribution >= 0.6 is 0 Å². The maximum Gasteiger partial charge on any atom is 0.222 e. The molecule has 0 aliphatic heterocycles. The SMILES string of the molecule is CC(C)C(=O)NCCNCc1cn[nH]c1-c1ccccc1. The number of hydrogen-bond acceptors (Lipinski definition) is 3. The molecule has 0 fully saturated rings. The van der Waals surface area contributed by atoms with Crippen LogP contribution in [0.2, 0.25) is 0 Å². The van der Waals surface area contributed by atoms with Crippen LogP contribution in [-0.2, 0) is 11.3 Å². The van der Waals surface area contributed by atoms with Gasteiger partial charge < -0.3 is 10.6 Å². The number of hydrogen-bond donors (Lipinski definition) is 3. The molecule has 0 aliphatic carbocycles. The number of carbonyl (C=O) groups excluding carboxylic acids is 1. The number of amides is 1. The first-order chi connectivity index (χ1) is 10.2. The summed E-state index contributed by atoms with van der Waals surface area (Å²) in [6, 6.07) is 10.1. The Kier molecular flexibility index (Phi) is 5.51. The molecule has 0 bridgehead atoms. The van der Waals surface area contributed by atoms with Gasteiger partial charge in [0, 0.05) is 31.1 Å². The summed E-state index contributed by atoms with van der Waals surface area (Å²) in [5.74, 6) is 0.119. The van der Waals surface area contributed by atoms with Crippen molar-refractivity contribution < 1.29 is 4.79 Å². The fourth-order valence-corrected chi connectivity index (χ4v) is 2.00. The van der Waals surface area contributed by atoms with E-state index < -0.39 is 0 Å². The lowest BCUT2D eigenvalue weighted by atomic mass is 10.1. The van der Waals surface area contributed by atoms with E-state index in [9.17, 15) is 4.79 Å². The number of carbonyl (C=O) groups is 1. The van der Waals surface area contributed by atoms with Crippen LogP contribution in [0.4, 0.5) is 0 Å². The fourth-order valence-electron chi connectivity index (χ4n) is 2.00. The van der Waals surface area contributed by atoms with Crippen molar-refractivity contribution in [3.8, 4) is 11.3 Å². The number of aromatic amines is 1. The van der Waals surface area contributed by atoms with Crippen molar-refractivity contribution in [2.45, 2.75) is 20.4 Å². The van der Waals surface area contributed by atoms with Gasteiger partial charge in [-0.15, -0.1) is 0 Å². The summed E-state index contributed by atoms with van der Waals surface area (Å²) in [4.78, 5) is 11.4. The highest BCUT2D eigenvalue weighted by molar-refractivity contribution is 5.77. The normalized spacial score (nSPS) is 10.8. The zero-order valence-corrected chi connectivity index (χ0v) is 12.5. The molecule has 5 nitrogen and oxygen atoms in total. The number of nitrogens with zero attached hydrogens (tertiary/aromatic N) is 1. The molecule has 0 unspecified atom stereocenters. The highest BCUT2D eigenvalue weighted by Gasteiger charge is 2.07. The molecule has 0 saturated carbocycles. The van der Waals surface area contributed by atoms with Crippen LogP contribution in [0.5, 0.6) is 0 Å². The Morgan fingerprint density at radius 1 is 1.24 bits per heavy atom. The molecule has 0 atom stereocenters. The predicted octanol–water partition coefficient (Wildman–Crippen LogP) is 1.94. The summed E-state index contributed by atoms with van der Waals surface area (Å²) < 4.78 is 0. The van der Waals surface area contributed by atoms with E-state index in [2.05, 4.69) is 33.0 Å². The van der Waals surface area contributed by atoms with E-state index in [1.165, 1.54) is 0 Å². The van der Waals surface area contributed by atoms with Crippen LogP contribution in [0.25, 0.3) is 11.3 Å². The van der Waals surface area contributed by atoms with Gasteiger partial charge in [0.25, 0.3) is 0 Å². The van der Waals surface area contributed by atoms with Crippen molar-refractivity contribution in [1.82, 2.24) is 20.8 Å². The summed E-state index contributed by atoms with van der Waals surface area (Å²) in [6.45, 7) is 5.87. The Morgan fingerprint density at radius 3 is 2.71 bits per heavy atom. The fraction of sp³-hybridized carbons (Fsp3) is 0.375. The molecule has 1 aromatic carbocycles. The van der Waals surface area contributed by atoms with Crippen molar-refractivity contribution in [2.24, 2.45) is 5.92 Å². The molecule has 0 radical (unpaired) electrons. The molecule has 0 aliphatic rings. The lowest BCUT2D eigenvalue weighted by Gasteiger charge is -2.09. The third kappa shape index (κ3) is 4.43. The zero-order chi connectivity index (χ0) is 15.1. The second-order valence-electron chi connectivity index (χ2n) is 5.26. The van der Waals surface area contributed by atoms with E-state index >= 15 is 0 Å². The summed E-state index contributed by atoms with van der Waals surface area (Å²) in [6.07, 6.45) is 1.84. The molecule has 1 heterocycles. The number of H-pyrrole nitrogens is 1. The Labute approximate surface area is 125 Å². The Morgan fingerprint density at radius 2 is 2.00 bits per heavy atom. The molecule has 3 N–H and O–H groups in total. The first-order valence-electron chi connectivity index (χ1n) is 7.24. The second-order valence-corrected chi connectivity index (χ2v) is 5.26. The standard InChI is InChI=1S/C16H22N4O/c1-12(2)16(21)18-9-8-17-10-14-11-19-20-15(14)13-6-4-3-5-7-13/h3-7,11-12,17H,8-10H2,1-2H3,(H,18,21)(H,19,20). The Bertz CT molecular complexity index is 563. The quantitative estimate of drug-likeness (QED) is 0.681. The van der Waals surface area contributed by atoms with E-state index in [0.29, 0.717) is 6.54 Å². The molecule has 0 saturated heterocycles. The summed E-state index contributed by atoms with van der Waals surface area (Å²) >= 11 is 0. The van der Waals surface area contributed by atoms with Crippen molar-refractivity contribution in [3.63, 3.8) is 0 Å². The maximum atomic E-state index is 11.4. The van der Waals surface area contributed by atoms with Crippen LogP contribution in [0.3, 0.4) is 0 Å². The van der Waals surface area contributed by atoms with Crippen molar-refractivity contribution in [3.05, 3.63) is 42.1 Å². The van der Waals surface area contributed by atoms with Crippen LogP contribution in [0, 0.1) is 5.92 Å². The molecule has 0 spiro atoms. The van der Waals surface area contributed by atoms with Gasteiger partial charge in [-0.3, -0.25) is 9.89 Å². The van der Waals surface area contributed by atoms with Gasteiger partial charge >= 0.3 is 0 Å². The average Bonchev–Trinajstić information content (AvgIpc) is 2.96. The number of nitrogens with one attached hydrogen (secondary N) is 3. The van der Waals surface area contributed by atoms with Crippen LogP contribution in [-0.4, -0.2) is 29.2 Å². The van der Waals surface area contributed by atoms with Gasteiger partial charge in [-0.05, 0) is 5.56 Å². The molecule has 21 heavy (non-hydrogen) atoms. The minimum Gasteiger partial charge on any atom is -0.355 e. The Balaban J connectivity index is 1.80. The minimum absolute atomic E-state index is 0.0311. The van der Waals surface area contributed by atoms with Gasteiger partial charge in [-0.25, -0.2) is 0 Å². The van der Waals surface area contributed by atoms with Gasteiger partial charge in [0.1, 0.15) is 0 Å². The molecule has 2 rings (SSSR count). The largest absolute Gasteiger partial charge is 0.355 e. The zero-order valence-electron chi connectivity index (χ0n) is 12.5. The van der Waals surface area contributed by atoms with Crippen LogP contribution in [0.15, 0.2) is 36.5 Å². The monoisotopic (exact) mass is 286 g/mol. The number of rotatable bonds is 7. The molecule has 2 aromatic rings. The molecule has 112 valence electrons.